The third kappa shape index (κ3) is 6.20. The summed E-state index contributed by atoms with van der Waals surface area (Å²) in [6.07, 6.45) is 0.972. The van der Waals surface area contributed by atoms with Crippen LogP contribution in [0.5, 0.6) is 0 Å². The highest BCUT2D eigenvalue weighted by Crippen LogP contribution is 2.25. The molecule has 0 saturated heterocycles. The van der Waals surface area contributed by atoms with Gasteiger partial charge in [0.2, 0.25) is 5.91 Å². The van der Waals surface area contributed by atoms with Crippen LogP contribution in [0.1, 0.15) is 68.6 Å². The number of aliphatic hydroxyl groups is 1. The van der Waals surface area contributed by atoms with E-state index in [1.54, 1.807) is 5.38 Å². The van der Waals surface area contributed by atoms with Crippen molar-refractivity contribution in [3.8, 4) is 0 Å². The highest BCUT2D eigenvalue weighted by molar-refractivity contribution is 7.09. The van der Waals surface area contributed by atoms with Crippen LogP contribution < -0.4 is 5.32 Å². The number of nitrogens with zero attached hydrogens (tertiary/aromatic N) is 1. The Balaban J connectivity index is 2.68. The zero-order valence-electron chi connectivity index (χ0n) is 15.0. The van der Waals surface area contributed by atoms with Gasteiger partial charge in [0.1, 0.15) is 11.1 Å². The molecule has 0 aliphatic heterocycles. The number of thiazole rings is 1. The van der Waals surface area contributed by atoms with Gasteiger partial charge in [-0.25, -0.2) is 9.78 Å². The zero-order chi connectivity index (χ0) is 18.3. The van der Waals surface area contributed by atoms with Crippen molar-refractivity contribution in [1.82, 2.24) is 10.3 Å². The van der Waals surface area contributed by atoms with E-state index in [4.69, 9.17) is 0 Å². The fourth-order valence-corrected chi connectivity index (χ4v) is 2.99. The highest BCUT2D eigenvalue weighted by atomic mass is 32.1. The van der Waals surface area contributed by atoms with Crippen molar-refractivity contribution in [3.05, 3.63) is 16.1 Å². The molecule has 1 rings (SSSR count). The quantitative estimate of drug-likeness (QED) is 0.664. The van der Waals surface area contributed by atoms with Gasteiger partial charge in [-0.3, -0.25) is 4.79 Å². The van der Waals surface area contributed by atoms with Crippen LogP contribution in [0.2, 0.25) is 0 Å². The van der Waals surface area contributed by atoms with Gasteiger partial charge in [-0.15, -0.1) is 11.3 Å². The average Bonchev–Trinajstić information content (AvgIpc) is 3.03. The fourth-order valence-electron chi connectivity index (χ4n) is 2.20. The number of ether oxygens (including phenoxy) is 1. The van der Waals surface area contributed by atoms with E-state index in [9.17, 15) is 14.7 Å². The average molecular weight is 356 g/mol. The van der Waals surface area contributed by atoms with Gasteiger partial charge in [-0.1, -0.05) is 34.1 Å². The number of amides is 1. The number of carbonyl (C=O) groups is 2. The number of aliphatic hydroxyl groups excluding tert-OH is 1. The van der Waals surface area contributed by atoms with Gasteiger partial charge in [0, 0.05) is 24.3 Å². The molecule has 7 heteroatoms. The summed E-state index contributed by atoms with van der Waals surface area (Å²) in [7, 11) is 1.29. The van der Waals surface area contributed by atoms with E-state index in [1.807, 2.05) is 20.8 Å². The lowest BCUT2D eigenvalue weighted by Gasteiger charge is -2.25. The second kappa shape index (κ2) is 9.74. The second-order valence-electron chi connectivity index (χ2n) is 6.45. The number of aromatic nitrogens is 1. The first-order chi connectivity index (χ1) is 11.3. The molecule has 0 bridgehead atoms. The second-order valence-corrected chi connectivity index (χ2v) is 7.34. The normalized spacial score (nSPS) is 15.0. The first-order valence-corrected chi connectivity index (χ1v) is 9.17. The molecule has 0 aromatic carbocycles. The Morgan fingerprint density at radius 2 is 2.04 bits per heavy atom. The van der Waals surface area contributed by atoms with Gasteiger partial charge in [0.15, 0.2) is 5.69 Å². The van der Waals surface area contributed by atoms with Crippen molar-refractivity contribution in [1.29, 1.82) is 0 Å². The van der Waals surface area contributed by atoms with Gasteiger partial charge < -0.3 is 15.2 Å². The molecule has 0 unspecified atom stereocenters. The molecule has 0 saturated carbocycles. The van der Waals surface area contributed by atoms with E-state index < -0.39 is 12.1 Å². The van der Waals surface area contributed by atoms with E-state index in [-0.39, 0.29) is 23.6 Å². The van der Waals surface area contributed by atoms with Crippen molar-refractivity contribution in [2.24, 2.45) is 11.8 Å². The van der Waals surface area contributed by atoms with E-state index in [2.05, 4.69) is 22.0 Å². The molecule has 0 fully saturated rings. The van der Waals surface area contributed by atoms with E-state index in [0.717, 1.165) is 6.42 Å². The van der Waals surface area contributed by atoms with E-state index in [0.29, 0.717) is 23.8 Å². The predicted molar refractivity (Wildman–Crippen MR) is 93.9 cm³/mol. The molecule has 1 aromatic rings. The molecule has 6 nitrogen and oxygen atoms in total. The van der Waals surface area contributed by atoms with Crippen LogP contribution in [0.15, 0.2) is 5.38 Å². The lowest BCUT2D eigenvalue weighted by atomic mass is 9.97. The molecular weight excluding hydrogens is 328 g/mol. The number of rotatable bonds is 9. The number of methoxy groups -OCH3 is 1. The number of hydrogen-bond acceptors (Lipinski definition) is 6. The highest BCUT2D eigenvalue weighted by Gasteiger charge is 2.24. The summed E-state index contributed by atoms with van der Waals surface area (Å²) >= 11 is 1.21. The molecule has 2 N–H and O–H groups in total. The molecule has 24 heavy (non-hydrogen) atoms. The number of carbonyl (C=O) groups excluding carboxylic acids is 2. The van der Waals surface area contributed by atoms with Gasteiger partial charge in [-0.2, -0.15) is 0 Å². The summed E-state index contributed by atoms with van der Waals surface area (Å²) < 4.78 is 4.62. The topological polar surface area (TPSA) is 88.5 Å². The van der Waals surface area contributed by atoms with Gasteiger partial charge in [0.25, 0.3) is 0 Å². The minimum atomic E-state index is -0.829. The molecule has 0 radical (unpaired) electrons. The third-order valence-electron chi connectivity index (χ3n) is 4.06. The summed E-state index contributed by atoms with van der Waals surface area (Å²) in [5.41, 5.74) is 0.193. The molecule has 0 aliphatic rings. The molecular formula is C17H28N2O4S. The van der Waals surface area contributed by atoms with Gasteiger partial charge in [0.05, 0.1) is 7.11 Å². The molecule has 3 atom stereocenters. The third-order valence-corrected chi connectivity index (χ3v) is 5.01. The van der Waals surface area contributed by atoms with Crippen LogP contribution in [0.25, 0.3) is 0 Å². The standard InChI is InChI=1S/C17H28N2O4S/c1-6-11(4)7-15(21)18-12(10(2)3)8-14(20)16-19-13(9-24-16)17(22)23-5/h9-12,14,20H,6-8H2,1-5H3,(H,18,21)/t11-,12+,14+/m0/s1. The molecule has 1 amide bonds. The number of esters is 1. The zero-order valence-corrected chi connectivity index (χ0v) is 15.9. The summed E-state index contributed by atoms with van der Waals surface area (Å²) in [5, 5.41) is 15.4. The Kier molecular flexibility index (Phi) is 8.35. The number of hydrogen-bond donors (Lipinski definition) is 2. The monoisotopic (exact) mass is 356 g/mol. The van der Waals surface area contributed by atoms with E-state index >= 15 is 0 Å². The summed E-state index contributed by atoms with van der Waals surface area (Å²) in [6.45, 7) is 8.11. The lowest BCUT2D eigenvalue weighted by molar-refractivity contribution is -0.123. The van der Waals surface area contributed by atoms with Crippen LogP contribution >= 0.6 is 11.3 Å². The Morgan fingerprint density at radius 1 is 1.38 bits per heavy atom. The minimum Gasteiger partial charge on any atom is -0.464 e. The van der Waals surface area contributed by atoms with Gasteiger partial charge >= 0.3 is 5.97 Å². The van der Waals surface area contributed by atoms with Crippen LogP contribution in [0.3, 0.4) is 0 Å². The Labute approximate surface area is 147 Å². The SMILES string of the molecule is CC[C@H](C)CC(=O)N[C@H](C[C@@H](O)c1nc(C(=O)OC)cs1)C(C)C. The smallest absolute Gasteiger partial charge is 0.357 e. The van der Waals surface area contributed by atoms with E-state index in [1.165, 1.54) is 18.4 Å². The van der Waals surface area contributed by atoms with Crippen molar-refractivity contribution >= 4 is 23.2 Å². The van der Waals surface area contributed by atoms with Gasteiger partial charge in [-0.05, 0) is 11.8 Å². The maximum Gasteiger partial charge on any atom is 0.357 e. The maximum absolute atomic E-state index is 12.1. The fraction of sp³-hybridized carbons (Fsp3) is 0.706. The van der Waals surface area contributed by atoms with Crippen molar-refractivity contribution in [2.45, 2.75) is 59.1 Å². The number of nitrogens with one attached hydrogen (secondary N) is 1. The maximum atomic E-state index is 12.1. The van der Waals surface area contributed by atoms with Crippen molar-refractivity contribution in [3.63, 3.8) is 0 Å². The van der Waals surface area contributed by atoms with Crippen LogP contribution in [0.4, 0.5) is 0 Å². The molecule has 1 aromatic heterocycles. The summed E-state index contributed by atoms with van der Waals surface area (Å²) in [6, 6.07) is -0.151. The van der Waals surface area contributed by atoms with Crippen molar-refractivity contribution in [2.75, 3.05) is 7.11 Å². The Morgan fingerprint density at radius 3 is 2.58 bits per heavy atom. The summed E-state index contributed by atoms with van der Waals surface area (Å²) in [5.74, 6) is 0.00138. The van der Waals surface area contributed by atoms with Crippen LogP contribution in [0, 0.1) is 11.8 Å². The van der Waals surface area contributed by atoms with Crippen LogP contribution in [-0.4, -0.2) is 35.1 Å². The molecule has 0 spiro atoms. The molecule has 1 heterocycles. The predicted octanol–water partition coefficient (Wildman–Crippen LogP) is 2.93. The Hall–Kier alpha value is -1.47. The molecule has 136 valence electrons. The summed E-state index contributed by atoms with van der Waals surface area (Å²) in [4.78, 5) is 27.7. The largest absolute Gasteiger partial charge is 0.464 e. The Bertz CT molecular complexity index is 544. The lowest BCUT2D eigenvalue weighted by Crippen LogP contribution is -2.40. The minimum absolute atomic E-state index is 0.00429. The first kappa shape index (κ1) is 20.6. The molecule has 0 aliphatic carbocycles. The first-order valence-electron chi connectivity index (χ1n) is 8.29. The van der Waals surface area contributed by atoms with Crippen LogP contribution in [-0.2, 0) is 9.53 Å². The van der Waals surface area contributed by atoms with Crippen molar-refractivity contribution < 1.29 is 19.4 Å².